The maximum absolute atomic E-state index is 12.4. The third kappa shape index (κ3) is 5.05. The molecule has 0 aliphatic rings. The molecule has 0 radical (unpaired) electrons. The van der Waals surface area contributed by atoms with Crippen molar-refractivity contribution in [1.29, 1.82) is 0 Å². The Hall–Kier alpha value is -1.55. The Morgan fingerprint density at radius 1 is 1.52 bits per heavy atom. The molecule has 1 unspecified atom stereocenters. The van der Waals surface area contributed by atoms with Crippen LogP contribution in [0.5, 0.6) is 0 Å². The van der Waals surface area contributed by atoms with E-state index >= 15 is 0 Å². The van der Waals surface area contributed by atoms with E-state index in [1.165, 1.54) is 18.0 Å². The number of hydrazine groups is 1. The quantitative estimate of drug-likeness (QED) is 0.360. The average molecular weight is 324 g/mol. The lowest BCUT2D eigenvalue weighted by molar-refractivity contribution is -0.150. The van der Waals surface area contributed by atoms with Gasteiger partial charge in [-0.25, -0.2) is 20.2 Å². The molecule has 0 amide bonds. The standard InChI is InChI=1S/C11H15F3N4O2S/c1-4-20-9(19)7-5-15-10(21-3)16-8(7)18-17-6(2)11(12,13)14/h5-6,17H,4H2,1-3H3,(H,15,16,18). The van der Waals surface area contributed by atoms with Gasteiger partial charge in [0.15, 0.2) is 11.0 Å². The van der Waals surface area contributed by atoms with E-state index in [0.29, 0.717) is 5.16 Å². The molecule has 0 spiro atoms. The fourth-order valence-electron chi connectivity index (χ4n) is 1.18. The van der Waals surface area contributed by atoms with Crippen LogP contribution in [-0.4, -0.2) is 41.0 Å². The second-order valence-corrected chi connectivity index (χ2v) is 4.65. The van der Waals surface area contributed by atoms with E-state index in [4.69, 9.17) is 4.74 Å². The van der Waals surface area contributed by atoms with Crippen molar-refractivity contribution in [3.05, 3.63) is 11.8 Å². The Bertz CT molecular complexity index is 499. The minimum absolute atomic E-state index is 0.0449. The summed E-state index contributed by atoms with van der Waals surface area (Å²) in [6.07, 6.45) is -1.51. The zero-order valence-electron chi connectivity index (χ0n) is 11.6. The smallest absolute Gasteiger partial charge is 0.405 e. The Labute approximate surface area is 123 Å². The number of ether oxygens (including phenoxy) is 1. The first-order valence-electron chi connectivity index (χ1n) is 5.96. The third-order valence-electron chi connectivity index (χ3n) is 2.34. The molecule has 10 heteroatoms. The second-order valence-electron chi connectivity index (χ2n) is 3.87. The van der Waals surface area contributed by atoms with Gasteiger partial charge in [-0.2, -0.15) is 13.2 Å². The molecule has 2 N–H and O–H groups in total. The van der Waals surface area contributed by atoms with Crippen molar-refractivity contribution in [1.82, 2.24) is 15.4 Å². The summed E-state index contributed by atoms with van der Waals surface area (Å²) in [5.74, 6) is -0.780. The molecule has 0 bridgehead atoms. The normalized spacial score (nSPS) is 12.9. The Kier molecular flexibility index (Phi) is 6.21. The zero-order valence-corrected chi connectivity index (χ0v) is 12.4. The highest BCUT2D eigenvalue weighted by Gasteiger charge is 2.36. The van der Waals surface area contributed by atoms with Crippen LogP contribution in [0.2, 0.25) is 0 Å². The molecule has 0 fully saturated rings. The van der Waals surface area contributed by atoms with Gasteiger partial charge in [-0.3, -0.25) is 0 Å². The highest BCUT2D eigenvalue weighted by molar-refractivity contribution is 7.98. The van der Waals surface area contributed by atoms with Crippen LogP contribution in [0, 0.1) is 0 Å². The lowest BCUT2D eigenvalue weighted by Crippen LogP contribution is -2.43. The number of rotatable bonds is 6. The van der Waals surface area contributed by atoms with Crippen LogP contribution in [-0.2, 0) is 4.74 Å². The number of alkyl halides is 3. The van der Waals surface area contributed by atoms with E-state index in [0.717, 1.165) is 6.92 Å². The summed E-state index contributed by atoms with van der Waals surface area (Å²) < 4.78 is 42.1. The summed E-state index contributed by atoms with van der Waals surface area (Å²) in [5.41, 5.74) is 4.30. The van der Waals surface area contributed by atoms with Gasteiger partial charge in [0.25, 0.3) is 0 Å². The van der Waals surface area contributed by atoms with Crippen LogP contribution in [0.4, 0.5) is 19.0 Å². The molecule has 0 aliphatic heterocycles. The van der Waals surface area contributed by atoms with Crippen LogP contribution in [0.1, 0.15) is 24.2 Å². The topological polar surface area (TPSA) is 76.1 Å². The van der Waals surface area contributed by atoms with Crippen LogP contribution in [0.3, 0.4) is 0 Å². The first-order chi connectivity index (χ1) is 9.79. The number of carbonyl (C=O) groups excluding carboxylic acids is 1. The SMILES string of the molecule is CCOC(=O)c1cnc(SC)nc1NNC(C)C(F)(F)F. The highest BCUT2D eigenvalue weighted by atomic mass is 32.2. The average Bonchev–Trinajstić information content (AvgIpc) is 2.43. The van der Waals surface area contributed by atoms with Gasteiger partial charge in [-0.15, -0.1) is 0 Å². The largest absolute Gasteiger partial charge is 0.462 e. The number of halogens is 3. The molecule has 1 aromatic rings. The van der Waals surface area contributed by atoms with Gasteiger partial charge in [-0.05, 0) is 20.1 Å². The number of anilines is 1. The Morgan fingerprint density at radius 2 is 2.19 bits per heavy atom. The van der Waals surface area contributed by atoms with Crippen LogP contribution in [0.15, 0.2) is 11.4 Å². The van der Waals surface area contributed by atoms with Gasteiger partial charge in [0, 0.05) is 6.20 Å². The number of aromatic nitrogens is 2. The summed E-state index contributed by atoms with van der Waals surface area (Å²) in [5, 5.41) is 0.312. The second kappa shape index (κ2) is 7.46. The monoisotopic (exact) mass is 324 g/mol. The maximum atomic E-state index is 12.4. The van der Waals surface area contributed by atoms with Crippen molar-refractivity contribution in [2.75, 3.05) is 18.3 Å². The van der Waals surface area contributed by atoms with Crippen molar-refractivity contribution >= 4 is 23.5 Å². The van der Waals surface area contributed by atoms with Crippen molar-refractivity contribution in [3.63, 3.8) is 0 Å². The van der Waals surface area contributed by atoms with Crippen LogP contribution in [0.25, 0.3) is 0 Å². The first-order valence-corrected chi connectivity index (χ1v) is 7.18. The summed E-state index contributed by atoms with van der Waals surface area (Å²) in [6.45, 7) is 2.69. The molecule has 1 aromatic heterocycles. The molecule has 0 aliphatic carbocycles. The predicted octanol–water partition coefficient (Wildman–Crippen LogP) is 2.24. The van der Waals surface area contributed by atoms with Crippen LogP contribution < -0.4 is 10.9 Å². The zero-order chi connectivity index (χ0) is 16.0. The number of esters is 1. The lowest BCUT2D eigenvalue weighted by Gasteiger charge is -2.19. The van der Waals surface area contributed by atoms with Gasteiger partial charge < -0.3 is 10.2 Å². The van der Waals surface area contributed by atoms with Crippen molar-refractivity contribution in [2.45, 2.75) is 31.2 Å². The van der Waals surface area contributed by atoms with E-state index in [2.05, 4.69) is 15.4 Å². The number of carbonyl (C=O) groups is 1. The molecule has 0 aromatic carbocycles. The number of nitrogens with one attached hydrogen (secondary N) is 2. The number of hydrogen-bond acceptors (Lipinski definition) is 7. The summed E-state index contributed by atoms with van der Waals surface area (Å²) >= 11 is 1.19. The first kappa shape index (κ1) is 17.5. The van der Waals surface area contributed by atoms with Gasteiger partial charge in [-0.1, -0.05) is 11.8 Å². The van der Waals surface area contributed by atoms with Gasteiger partial charge in [0.1, 0.15) is 11.6 Å². The van der Waals surface area contributed by atoms with E-state index in [-0.39, 0.29) is 18.0 Å². The molecule has 118 valence electrons. The Morgan fingerprint density at radius 3 is 2.71 bits per heavy atom. The van der Waals surface area contributed by atoms with E-state index in [1.54, 1.807) is 13.2 Å². The summed E-state index contributed by atoms with van der Waals surface area (Å²) in [4.78, 5) is 19.6. The molecular weight excluding hydrogens is 309 g/mol. The maximum Gasteiger partial charge on any atom is 0.405 e. The van der Waals surface area contributed by atoms with Crippen molar-refractivity contribution in [2.24, 2.45) is 0 Å². The summed E-state index contributed by atoms with van der Waals surface area (Å²) in [7, 11) is 0. The van der Waals surface area contributed by atoms with E-state index < -0.39 is 18.2 Å². The summed E-state index contributed by atoms with van der Waals surface area (Å²) in [6, 6.07) is -1.82. The third-order valence-corrected chi connectivity index (χ3v) is 2.90. The van der Waals surface area contributed by atoms with Crippen molar-refractivity contribution < 1.29 is 22.7 Å². The molecule has 1 rings (SSSR count). The molecule has 1 heterocycles. The molecule has 0 saturated carbocycles. The number of nitrogens with zero attached hydrogens (tertiary/aromatic N) is 2. The van der Waals surface area contributed by atoms with Gasteiger partial charge in [0.2, 0.25) is 0 Å². The van der Waals surface area contributed by atoms with E-state index in [9.17, 15) is 18.0 Å². The minimum atomic E-state index is -4.42. The molecular formula is C11H15F3N4O2S. The van der Waals surface area contributed by atoms with Gasteiger partial charge >= 0.3 is 12.1 Å². The molecule has 21 heavy (non-hydrogen) atoms. The van der Waals surface area contributed by atoms with Crippen molar-refractivity contribution in [3.8, 4) is 0 Å². The predicted molar refractivity (Wildman–Crippen MR) is 72.0 cm³/mol. The minimum Gasteiger partial charge on any atom is -0.462 e. The lowest BCUT2D eigenvalue weighted by atomic mass is 10.3. The fourth-order valence-corrected chi connectivity index (χ4v) is 1.52. The van der Waals surface area contributed by atoms with E-state index in [1.807, 2.05) is 5.43 Å². The molecule has 1 atom stereocenters. The van der Waals surface area contributed by atoms with Gasteiger partial charge in [0.05, 0.1) is 6.61 Å². The number of hydrogen-bond donors (Lipinski definition) is 2. The Balaban J connectivity index is 2.94. The number of thioether (sulfide) groups is 1. The molecule has 6 nitrogen and oxygen atoms in total. The fraction of sp³-hybridized carbons (Fsp3) is 0.545. The highest BCUT2D eigenvalue weighted by Crippen LogP contribution is 2.21. The molecule has 0 saturated heterocycles. The van der Waals surface area contributed by atoms with Crippen LogP contribution >= 0.6 is 11.8 Å².